The van der Waals surface area contributed by atoms with Crippen LogP contribution in [0.25, 0.3) is 11.3 Å². The lowest BCUT2D eigenvalue weighted by molar-refractivity contribution is 0.0988. The zero-order valence-electron chi connectivity index (χ0n) is 20.5. The number of aromatic nitrogens is 6. The zero-order valence-corrected chi connectivity index (χ0v) is 20.5. The van der Waals surface area contributed by atoms with Crippen LogP contribution in [0.1, 0.15) is 36.3 Å². The number of ether oxygens (including phenoxy) is 2. The van der Waals surface area contributed by atoms with Crippen molar-refractivity contribution in [2.24, 2.45) is 24.1 Å². The van der Waals surface area contributed by atoms with E-state index in [1.807, 2.05) is 28.8 Å². The molecule has 0 bridgehead atoms. The van der Waals surface area contributed by atoms with Crippen molar-refractivity contribution in [3.63, 3.8) is 0 Å². The van der Waals surface area contributed by atoms with Crippen LogP contribution in [0.5, 0.6) is 11.8 Å². The second kappa shape index (κ2) is 9.88. The van der Waals surface area contributed by atoms with E-state index < -0.39 is 11.3 Å². The molecule has 2 aliphatic rings. The van der Waals surface area contributed by atoms with E-state index in [0.717, 1.165) is 36.9 Å². The summed E-state index contributed by atoms with van der Waals surface area (Å²) < 4.78 is 13.6. The van der Waals surface area contributed by atoms with Gasteiger partial charge in [0.2, 0.25) is 11.8 Å². The van der Waals surface area contributed by atoms with Gasteiger partial charge < -0.3 is 30.4 Å². The van der Waals surface area contributed by atoms with E-state index in [1.165, 1.54) is 0 Å². The molecule has 4 N–H and O–H groups in total. The summed E-state index contributed by atoms with van der Waals surface area (Å²) in [6.07, 6.45) is 8.49. The van der Waals surface area contributed by atoms with Crippen molar-refractivity contribution < 1.29 is 14.3 Å². The van der Waals surface area contributed by atoms with Gasteiger partial charge >= 0.3 is 6.01 Å². The summed E-state index contributed by atoms with van der Waals surface area (Å²) in [7, 11) is 1.91. The number of nitrogen functional groups attached to an aromatic ring is 1. The first-order valence-corrected chi connectivity index (χ1v) is 12.1. The standard InChI is InChI=1S/C24H28N10O3/c1-33-10-17(29-14-33)16-8-18(19(26)28-9-16)36-11-15-2-6-34(7-3-15)22-30-21(20(27)35)31-23(32-22)37-13-24(12-25)4-5-24/h8-10,14-15H,2-7,11,13H2,1H3,(H2,26,28)(H2,27,35). The second-order valence-electron chi connectivity index (χ2n) is 9.56. The van der Waals surface area contributed by atoms with Crippen molar-refractivity contribution in [2.45, 2.75) is 25.7 Å². The number of nitriles is 1. The van der Waals surface area contributed by atoms with Crippen molar-refractivity contribution >= 4 is 17.7 Å². The van der Waals surface area contributed by atoms with Crippen LogP contribution in [-0.4, -0.2) is 61.7 Å². The number of piperidine rings is 1. The van der Waals surface area contributed by atoms with E-state index in [4.69, 9.17) is 20.9 Å². The summed E-state index contributed by atoms with van der Waals surface area (Å²) >= 11 is 0. The highest BCUT2D eigenvalue weighted by atomic mass is 16.5. The number of anilines is 2. The molecule has 5 rings (SSSR count). The van der Waals surface area contributed by atoms with Gasteiger partial charge in [0.1, 0.15) is 6.61 Å². The Morgan fingerprint density at radius 3 is 2.65 bits per heavy atom. The third kappa shape index (κ3) is 5.53. The number of carbonyl (C=O) groups is 1. The highest BCUT2D eigenvalue weighted by Crippen LogP contribution is 2.44. The summed E-state index contributed by atoms with van der Waals surface area (Å²) in [4.78, 5) is 35.0. The summed E-state index contributed by atoms with van der Waals surface area (Å²) in [5, 5.41) is 9.27. The number of nitrogens with two attached hydrogens (primary N) is 2. The Labute approximate surface area is 213 Å². The van der Waals surface area contributed by atoms with Gasteiger partial charge in [0.05, 0.1) is 30.1 Å². The third-order valence-corrected chi connectivity index (χ3v) is 6.65. The molecule has 37 heavy (non-hydrogen) atoms. The Bertz CT molecular complexity index is 1340. The van der Waals surface area contributed by atoms with E-state index in [1.54, 1.807) is 12.5 Å². The van der Waals surface area contributed by atoms with Gasteiger partial charge in [0, 0.05) is 38.1 Å². The Morgan fingerprint density at radius 1 is 1.22 bits per heavy atom. The van der Waals surface area contributed by atoms with Crippen LogP contribution in [0.3, 0.4) is 0 Å². The highest BCUT2D eigenvalue weighted by Gasteiger charge is 2.44. The predicted octanol–water partition coefficient (Wildman–Crippen LogP) is 1.33. The molecule has 0 atom stereocenters. The van der Waals surface area contributed by atoms with Gasteiger partial charge in [-0.25, -0.2) is 9.97 Å². The van der Waals surface area contributed by atoms with E-state index in [0.29, 0.717) is 37.2 Å². The first-order chi connectivity index (χ1) is 17.8. The van der Waals surface area contributed by atoms with E-state index in [-0.39, 0.29) is 24.4 Å². The fraction of sp³-hybridized carbons (Fsp3) is 0.458. The predicted molar refractivity (Wildman–Crippen MR) is 132 cm³/mol. The Hall–Kier alpha value is -4.47. The van der Waals surface area contributed by atoms with Gasteiger partial charge in [-0.2, -0.15) is 20.2 Å². The number of aryl methyl sites for hydroxylation is 1. The molecule has 1 aliphatic heterocycles. The number of hydrogen-bond donors (Lipinski definition) is 2. The van der Waals surface area contributed by atoms with Crippen LogP contribution in [-0.2, 0) is 7.05 Å². The zero-order chi connectivity index (χ0) is 26.0. The number of nitrogens with zero attached hydrogens (tertiary/aromatic N) is 8. The van der Waals surface area contributed by atoms with Crippen LogP contribution in [0, 0.1) is 22.7 Å². The highest BCUT2D eigenvalue weighted by molar-refractivity contribution is 5.89. The molecule has 1 aliphatic carbocycles. The smallest absolute Gasteiger partial charge is 0.322 e. The van der Waals surface area contributed by atoms with Crippen LogP contribution >= 0.6 is 0 Å². The molecular weight excluding hydrogens is 476 g/mol. The first-order valence-electron chi connectivity index (χ1n) is 12.1. The van der Waals surface area contributed by atoms with Crippen LogP contribution in [0.2, 0.25) is 0 Å². The maximum atomic E-state index is 11.8. The molecule has 3 aromatic heterocycles. The fourth-order valence-electron chi connectivity index (χ4n) is 4.08. The minimum absolute atomic E-state index is 0.00143. The SMILES string of the molecule is Cn1cnc(-c2cnc(N)c(OCC3CCN(c4nc(OCC5(C#N)CC5)nc(C(N)=O)n4)CC3)c2)c1. The van der Waals surface area contributed by atoms with Gasteiger partial charge in [-0.15, -0.1) is 0 Å². The molecule has 0 spiro atoms. The summed E-state index contributed by atoms with van der Waals surface area (Å²) in [5.41, 5.74) is 12.6. The number of pyridine rings is 1. The molecule has 13 nitrogen and oxygen atoms in total. The second-order valence-corrected chi connectivity index (χ2v) is 9.56. The van der Waals surface area contributed by atoms with Crippen molar-refractivity contribution in [1.82, 2.24) is 29.5 Å². The number of primary amides is 1. The first kappa shape index (κ1) is 24.2. The average Bonchev–Trinajstić information content (AvgIpc) is 3.57. The molecule has 1 amide bonds. The minimum atomic E-state index is -0.766. The quantitative estimate of drug-likeness (QED) is 0.428. The van der Waals surface area contributed by atoms with Crippen LogP contribution in [0.15, 0.2) is 24.8 Å². The molecule has 192 valence electrons. The van der Waals surface area contributed by atoms with Crippen LogP contribution in [0.4, 0.5) is 11.8 Å². The molecule has 0 aromatic carbocycles. The Morgan fingerprint density at radius 2 is 2.00 bits per heavy atom. The summed E-state index contributed by atoms with van der Waals surface area (Å²) in [6, 6.07) is 4.11. The molecule has 4 heterocycles. The molecule has 0 radical (unpaired) electrons. The Kier molecular flexibility index (Phi) is 6.47. The lowest BCUT2D eigenvalue weighted by Gasteiger charge is -2.32. The number of rotatable bonds is 9. The normalized spacial score (nSPS) is 16.7. The largest absolute Gasteiger partial charge is 0.489 e. The van der Waals surface area contributed by atoms with E-state index in [9.17, 15) is 10.1 Å². The monoisotopic (exact) mass is 504 g/mol. The lowest BCUT2D eigenvalue weighted by atomic mass is 9.98. The molecular formula is C24H28N10O3. The van der Waals surface area contributed by atoms with Crippen LogP contribution < -0.4 is 25.8 Å². The van der Waals surface area contributed by atoms with E-state index >= 15 is 0 Å². The van der Waals surface area contributed by atoms with Gasteiger partial charge in [0.15, 0.2) is 11.6 Å². The van der Waals surface area contributed by atoms with Gasteiger partial charge in [-0.3, -0.25) is 4.79 Å². The van der Waals surface area contributed by atoms with Crippen molar-refractivity contribution in [3.05, 3.63) is 30.6 Å². The van der Waals surface area contributed by atoms with Crippen molar-refractivity contribution in [3.8, 4) is 29.1 Å². The third-order valence-electron chi connectivity index (χ3n) is 6.65. The minimum Gasteiger partial charge on any atom is -0.489 e. The maximum absolute atomic E-state index is 11.8. The molecule has 0 unspecified atom stereocenters. The maximum Gasteiger partial charge on any atom is 0.322 e. The molecule has 2 fully saturated rings. The lowest BCUT2D eigenvalue weighted by Crippen LogP contribution is -2.37. The number of hydrogen-bond acceptors (Lipinski definition) is 11. The average molecular weight is 505 g/mol. The summed E-state index contributed by atoms with van der Waals surface area (Å²) in [5.74, 6) is 0.546. The van der Waals surface area contributed by atoms with Gasteiger partial charge in [0.25, 0.3) is 5.91 Å². The molecule has 3 aromatic rings. The fourth-order valence-corrected chi connectivity index (χ4v) is 4.08. The van der Waals surface area contributed by atoms with Crippen molar-refractivity contribution in [1.29, 1.82) is 5.26 Å². The number of amides is 1. The number of imidazole rings is 1. The van der Waals surface area contributed by atoms with E-state index in [2.05, 4.69) is 31.0 Å². The molecule has 1 saturated heterocycles. The van der Waals surface area contributed by atoms with Crippen molar-refractivity contribution in [2.75, 3.05) is 36.9 Å². The number of carbonyl (C=O) groups excluding carboxylic acids is 1. The van der Waals surface area contributed by atoms with Gasteiger partial charge in [-0.1, -0.05) is 0 Å². The van der Waals surface area contributed by atoms with Gasteiger partial charge in [-0.05, 0) is 37.7 Å². The molecule has 1 saturated carbocycles. The molecule has 13 heteroatoms. The Balaban J connectivity index is 1.20. The topological polar surface area (TPSA) is 184 Å². The summed E-state index contributed by atoms with van der Waals surface area (Å²) in [6.45, 7) is 1.96.